The molecule has 0 aliphatic carbocycles. The van der Waals surface area contributed by atoms with Crippen LogP contribution in [0.3, 0.4) is 0 Å². The molecular weight excluding hydrogens is 506 g/mol. The summed E-state index contributed by atoms with van der Waals surface area (Å²) >= 11 is 10.3. The third-order valence-corrected chi connectivity index (χ3v) is 6.15. The van der Waals surface area contributed by atoms with E-state index >= 15 is 0 Å². The number of hydrogen-bond acceptors (Lipinski definition) is 6. The molecule has 2 aromatic carbocycles. The van der Waals surface area contributed by atoms with Crippen LogP contribution in [0, 0.1) is 0 Å². The molecule has 0 amide bonds. The molecule has 0 radical (unpaired) electrons. The van der Waals surface area contributed by atoms with Crippen molar-refractivity contribution >= 4 is 38.8 Å². The topological polar surface area (TPSA) is 90.1 Å². The highest BCUT2D eigenvalue weighted by atomic mass is 35.5. The molecule has 1 aromatic heterocycles. The van der Waals surface area contributed by atoms with E-state index in [1.54, 1.807) is 0 Å². The van der Waals surface area contributed by atoms with Gasteiger partial charge in [0.1, 0.15) is 5.75 Å². The van der Waals surface area contributed by atoms with E-state index in [4.69, 9.17) is 23.2 Å². The summed E-state index contributed by atoms with van der Waals surface area (Å²) in [4.78, 5) is 15.2. The predicted molar refractivity (Wildman–Crippen MR) is 102 cm³/mol. The summed E-state index contributed by atoms with van der Waals surface area (Å²) in [6.45, 7) is 0. The normalized spacial score (nSPS) is 12.7. The summed E-state index contributed by atoms with van der Waals surface area (Å²) in [5.74, 6) is -3.28. The average molecular weight is 515 g/mol. The molecule has 0 fully saturated rings. The number of Topliss-reactive ketones (excluding diaryl/α,β-unsaturated/α-hetero) is 1. The minimum absolute atomic E-state index is 0.0678. The van der Waals surface area contributed by atoms with Crippen molar-refractivity contribution in [2.24, 2.45) is 0 Å². The first kappa shape index (κ1) is 24.1. The van der Waals surface area contributed by atoms with Gasteiger partial charge in [0.2, 0.25) is 5.82 Å². The Morgan fingerprint density at radius 1 is 1.03 bits per heavy atom. The SMILES string of the molecule is O=C(CS(=O)(=O)c1ccc(C(F)(F)F)c(Cl)c1)c1ccc(-c2noc(C(F)(F)Cl)n2)cc1. The van der Waals surface area contributed by atoms with E-state index in [1.165, 1.54) is 24.3 Å². The molecule has 0 atom stereocenters. The molecule has 32 heavy (non-hydrogen) atoms. The fourth-order valence-corrected chi connectivity index (χ4v) is 4.20. The number of carbonyl (C=O) groups is 1. The monoisotopic (exact) mass is 514 g/mol. The molecule has 3 rings (SSSR count). The van der Waals surface area contributed by atoms with Crippen LogP contribution in [0.4, 0.5) is 22.0 Å². The maximum absolute atomic E-state index is 13.0. The molecule has 0 N–H and O–H groups in total. The van der Waals surface area contributed by atoms with Crippen molar-refractivity contribution in [2.45, 2.75) is 16.5 Å². The zero-order chi connectivity index (χ0) is 23.9. The number of carbonyl (C=O) groups excluding carboxylic acids is 1. The molecule has 1 heterocycles. The van der Waals surface area contributed by atoms with Gasteiger partial charge in [-0.2, -0.15) is 26.9 Å². The Morgan fingerprint density at radius 2 is 1.66 bits per heavy atom. The van der Waals surface area contributed by atoms with Gasteiger partial charge in [-0.05, 0) is 29.8 Å². The first-order valence-corrected chi connectivity index (χ1v) is 10.7. The van der Waals surface area contributed by atoms with Crippen LogP contribution in [-0.2, 0) is 21.4 Å². The molecule has 0 aliphatic heterocycles. The highest BCUT2D eigenvalue weighted by Crippen LogP contribution is 2.36. The van der Waals surface area contributed by atoms with Crippen molar-refractivity contribution in [3.8, 4) is 11.4 Å². The number of sulfone groups is 1. The Balaban J connectivity index is 1.78. The molecular formula is C18H9Cl2F5N2O4S. The summed E-state index contributed by atoms with van der Waals surface area (Å²) in [5.41, 5.74) is -1.10. The Bertz CT molecular complexity index is 1270. The standard InChI is InChI=1S/C18H9Cl2F5N2O4S/c19-13-7-11(5-6-12(13)18(23,24)25)32(29,30)8-14(28)9-1-3-10(4-2-9)15-26-16(31-27-15)17(20,21)22/h1-7H,8H2. The van der Waals surface area contributed by atoms with E-state index in [0.717, 1.165) is 0 Å². The predicted octanol–water partition coefficient (Wildman–Crippen LogP) is 5.35. The van der Waals surface area contributed by atoms with Crippen LogP contribution in [-0.4, -0.2) is 30.1 Å². The van der Waals surface area contributed by atoms with Crippen LogP contribution in [0.25, 0.3) is 11.4 Å². The summed E-state index contributed by atoms with van der Waals surface area (Å²) in [7, 11) is -4.31. The van der Waals surface area contributed by atoms with Crippen LogP contribution in [0.15, 0.2) is 51.9 Å². The minimum atomic E-state index is -4.77. The largest absolute Gasteiger partial charge is 0.417 e. The Labute approximate surface area is 186 Å². The van der Waals surface area contributed by atoms with Gasteiger partial charge in [0, 0.05) is 11.1 Å². The van der Waals surface area contributed by atoms with Gasteiger partial charge < -0.3 is 4.52 Å². The second-order valence-corrected chi connectivity index (χ2v) is 9.19. The van der Waals surface area contributed by atoms with Gasteiger partial charge in [-0.3, -0.25) is 4.79 Å². The summed E-state index contributed by atoms with van der Waals surface area (Å²) in [6.07, 6.45) is -4.77. The molecule has 0 saturated carbocycles. The summed E-state index contributed by atoms with van der Waals surface area (Å²) in [6, 6.07) is 6.75. The van der Waals surface area contributed by atoms with Gasteiger partial charge in [0.05, 0.1) is 15.5 Å². The molecule has 14 heteroatoms. The van der Waals surface area contributed by atoms with Crippen LogP contribution in [0.1, 0.15) is 21.8 Å². The van der Waals surface area contributed by atoms with E-state index < -0.39 is 54.3 Å². The lowest BCUT2D eigenvalue weighted by Crippen LogP contribution is -2.17. The molecule has 170 valence electrons. The first-order valence-electron chi connectivity index (χ1n) is 8.32. The van der Waals surface area contributed by atoms with Crippen molar-refractivity contribution in [3.63, 3.8) is 0 Å². The summed E-state index contributed by atoms with van der Waals surface area (Å²) < 4.78 is 93.5. The lowest BCUT2D eigenvalue weighted by Gasteiger charge is -2.10. The van der Waals surface area contributed by atoms with Gasteiger partial charge >= 0.3 is 17.4 Å². The highest BCUT2D eigenvalue weighted by Gasteiger charge is 2.36. The molecule has 0 bridgehead atoms. The third kappa shape index (κ3) is 5.25. The van der Waals surface area contributed by atoms with Crippen LogP contribution in [0.2, 0.25) is 5.02 Å². The third-order valence-electron chi connectivity index (χ3n) is 4.06. The second kappa shape index (κ2) is 8.41. The van der Waals surface area contributed by atoms with Crippen LogP contribution >= 0.6 is 23.2 Å². The zero-order valence-electron chi connectivity index (χ0n) is 15.3. The van der Waals surface area contributed by atoms with E-state index in [-0.39, 0.29) is 17.0 Å². The van der Waals surface area contributed by atoms with Crippen molar-refractivity contribution in [1.29, 1.82) is 0 Å². The van der Waals surface area contributed by atoms with Gasteiger partial charge in [-0.1, -0.05) is 41.0 Å². The Morgan fingerprint density at radius 3 is 2.16 bits per heavy atom. The highest BCUT2D eigenvalue weighted by molar-refractivity contribution is 7.92. The fraction of sp³-hybridized carbons (Fsp3) is 0.167. The Kier molecular flexibility index (Phi) is 6.33. The molecule has 6 nitrogen and oxygen atoms in total. The lowest BCUT2D eigenvalue weighted by atomic mass is 10.1. The van der Waals surface area contributed by atoms with Gasteiger partial charge in [-0.25, -0.2) is 8.42 Å². The van der Waals surface area contributed by atoms with Gasteiger partial charge in [-0.15, -0.1) is 0 Å². The van der Waals surface area contributed by atoms with Crippen molar-refractivity contribution in [3.05, 3.63) is 64.5 Å². The Hall–Kier alpha value is -2.57. The molecule has 0 saturated heterocycles. The van der Waals surface area contributed by atoms with E-state index in [1.807, 2.05) is 0 Å². The van der Waals surface area contributed by atoms with Crippen LogP contribution < -0.4 is 0 Å². The lowest BCUT2D eigenvalue weighted by molar-refractivity contribution is -0.137. The van der Waals surface area contributed by atoms with Gasteiger partial charge in [0.15, 0.2) is 15.6 Å². The van der Waals surface area contributed by atoms with Crippen molar-refractivity contribution in [2.75, 3.05) is 5.75 Å². The average Bonchev–Trinajstić information content (AvgIpc) is 3.17. The fourth-order valence-electron chi connectivity index (χ4n) is 2.52. The number of ketones is 1. The van der Waals surface area contributed by atoms with E-state index in [0.29, 0.717) is 18.2 Å². The number of alkyl halides is 6. The maximum atomic E-state index is 13.0. The molecule has 0 unspecified atom stereocenters. The van der Waals surface area contributed by atoms with E-state index in [9.17, 15) is 35.2 Å². The maximum Gasteiger partial charge on any atom is 0.417 e. The number of aromatic nitrogens is 2. The molecule has 0 aliphatic rings. The number of hydrogen-bond donors (Lipinski definition) is 0. The second-order valence-electron chi connectivity index (χ2n) is 6.32. The minimum Gasteiger partial charge on any atom is -0.331 e. The van der Waals surface area contributed by atoms with Crippen molar-refractivity contribution in [1.82, 2.24) is 10.1 Å². The number of nitrogens with zero attached hydrogens (tertiary/aromatic N) is 2. The van der Waals surface area contributed by atoms with Crippen molar-refractivity contribution < 1.29 is 39.7 Å². The molecule has 3 aromatic rings. The smallest absolute Gasteiger partial charge is 0.331 e. The molecule has 0 spiro atoms. The number of rotatable bonds is 6. The zero-order valence-corrected chi connectivity index (χ0v) is 17.7. The van der Waals surface area contributed by atoms with E-state index in [2.05, 4.69) is 14.7 Å². The quantitative estimate of drug-likeness (QED) is 0.250. The van der Waals surface area contributed by atoms with Crippen LogP contribution in [0.5, 0.6) is 0 Å². The summed E-state index contributed by atoms with van der Waals surface area (Å²) in [5, 5.41) is -1.35. The van der Waals surface area contributed by atoms with Gasteiger partial charge in [0.25, 0.3) is 0 Å². The first-order chi connectivity index (χ1) is 14.7. The number of benzene rings is 2. The number of halogens is 7.